The topological polar surface area (TPSA) is 224 Å². The second-order valence-corrected chi connectivity index (χ2v) is 16.8. The van der Waals surface area contributed by atoms with Gasteiger partial charge in [-0.1, -0.05) is 18.1 Å². The van der Waals surface area contributed by atoms with E-state index in [1.54, 1.807) is 28.2 Å². The molecular weight excluding hydrogens is 795 g/mol. The van der Waals surface area contributed by atoms with Gasteiger partial charge in [-0.2, -0.15) is 5.10 Å². The van der Waals surface area contributed by atoms with E-state index in [4.69, 9.17) is 4.74 Å². The Morgan fingerprint density at radius 1 is 1.00 bits per heavy atom. The van der Waals surface area contributed by atoms with E-state index in [1.165, 1.54) is 0 Å². The standard InChI is InChI=1S/C43H55N13O6/c1-27-20-30(47-43(61)48-33-23-44-36-12-13-46-56(36)40(33)28-6-2-3-7-28)22-45-39(27)34-25-54(51-50-34)14-4-5-19-62-26-38(58)53-17-15-52(16-18-53)31-8-9-32-29(21-31)24-55(42(32)60)35-10-11-37(57)49-41(35)59/h8-9,12-13,20-23,25,28,35,37-38,41,49,57-59H,2-7,10-11,14-19,24,26H2,1H3,(H2,47,48,61). The summed E-state index contributed by atoms with van der Waals surface area (Å²) < 4.78 is 9.48. The number of aliphatic hydroxyl groups excluding tert-OH is 3. The van der Waals surface area contributed by atoms with E-state index in [1.807, 2.05) is 46.8 Å². The van der Waals surface area contributed by atoms with Crippen LogP contribution < -0.4 is 20.9 Å². The largest absolute Gasteiger partial charge is 0.379 e. The van der Waals surface area contributed by atoms with Crippen LogP contribution in [-0.2, 0) is 17.8 Å². The number of piperidine rings is 1. The molecule has 4 aliphatic rings. The van der Waals surface area contributed by atoms with Gasteiger partial charge >= 0.3 is 6.03 Å². The number of aromatic nitrogens is 7. The van der Waals surface area contributed by atoms with Gasteiger partial charge in [-0.25, -0.2) is 14.3 Å². The number of rotatable bonds is 14. The van der Waals surface area contributed by atoms with Gasteiger partial charge in [0.1, 0.15) is 24.4 Å². The molecule has 62 heavy (non-hydrogen) atoms. The van der Waals surface area contributed by atoms with Crippen molar-refractivity contribution < 1.29 is 29.6 Å². The number of amides is 3. The quantitative estimate of drug-likeness (QED) is 0.0884. The number of ether oxygens (including phenoxy) is 1. The number of piperazine rings is 1. The molecule has 4 atom stereocenters. The first-order valence-corrected chi connectivity index (χ1v) is 21.8. The van der Waals surface area contributed by atoms with Gasteiger partial charge in [0.25, 0.3) is 5.91 Å². The highest BCUT2D eigenvalue weighted by Gasteiger charge is 2.39. The van der Waals surface area contributed by atoms with Gasteiger partial charge < -0.3 is 40.5 Å². The lowest BCUT2D eigenvalue weighted by molar-refractivity contribution is -0.0608. The Labute approximate surface area is 359 Å². The van der Waals surface area contributed by atoms with Crippen molar-refractivity contribution in [3.63, 3.8) is 0 Å². The molecule has 4 aromatic heterocycles. The molecule has 0 spiro atoms. The van der Waals surface area contributed by atoms with Gasteiger partial charge in [0, 0.05) is 69.1 Å². The number of hydrogen-bond donors (Lipinski definition) is 6. The third-order valence-corrected chi connectivity index (χ3v) is 12.6. The summed E-state index contributed by atoms with van der Waals surface area (Å²) in [5, 5.41) is 52.9. The predicted octanol–water partition coefficient (Wildman–Crippen LogP) is 3.27. The molecule has 2 saturated heterocycles. The van der Waals surface area contributed by atoms with Crippen molar-refractivity contribution >= 4 is 34.6 Å². The Morgan fingerprint density at radius 2 is 1.84 bits per heavy atom. The highest BCUT2D eigenvalue weighted by molar-refractivity contribution is 6.00. The number of fused-ring (bicyclic) bond motifs is 2. The Balaban J connectivity index is 0.683. The molecular formula is C43H55N13O6. The number of hydrogen-bond acceptors (Lipinski definition) is 14. The molecule has 4 unspecified atom stereocenters. The highest BCUT2D eigenvalue weighted by atomic mass is 16.5. The van der Waals surface area contributed by atoms with Crippen LogP contribution in [0.25, 0.3) is 17.0 Å². The minimum Gasteiger partial charge on any atom is -0.379 e. The number of pyridine rings is 1. The van der Waals surface area contributed by atoms with Crippen LogP contribution in [-0.4, -0.2) is 136 Å². The van der Waals surface area contributed by atoms with Crippen molar-refractivity contribution in [2.45, 2.75) is 102 Å². The first-order valence-electron chi connectivity index (χ1n) is 21.8. The molecule has 1 saturated carbocycles. The molecule has 19 nitrogen and oxygen atoms in total. The maximum atomic E-state index is 13.2. The normalized spacial score (nSPS) is 21.5. The SMILES string of the molecule is Cc1cc(NC(=O)Nc2cnc3ccnn3c2C2CCCC2)cnc1-c1cn(CCCCOCC(O)N2CCN(c3ccc4c(c3)CN(C3CCC(O)NC3O)C4=O)CC2)nn1. The number of aliphatic hydroxyl groups is 3. The molecule has 19 heteroatoms. The fraction of sp³-hybridized carbons (Fsp3) is 0.512. The van der Waals surface area contributed by atoms with Crippen LogP contribution in [0.1, 0.15) is 84.5 Å². The average Bonchev–Trinajstić information content (AvgIpc) is 4.11. The monoisotopic (exact) mass is 849 g/mol. The molecule has 1 aliphatic carbocycles. The number of carbonyl (C=O) groups excluding carboxylic acids is 2. The minimum atomic E-state index is -0.967. The molecule has 0 radical (unpaired) electrons. The van der Waals surface area contributed by atoms with Crippen LogP contribution in [0, 0.1) is 6.92 Å². The Hall–Kier alpha value is -5.57. The van der Waals surface area contributed by atoms with Crippen LogP contribution >= 0.6 is 0 Å². The van der Waals surface area contributed by atoms with Crippen LogP contribution in [0.5, 0.6) is 0 Å². The van der Waals surface area contributed by atoms with Gasteiger partial charge in [0.2, 0.25) is 0 Å². The first kappa shape index (κ1) is 41.8. The Morgan fingerprint density at radius 3 is 2.65 bits per heavy atom. The van der Waals surface area contributed by atoms with Crippen LogP contribution in [0.4, 0.5) is 21.9 Å². The molecule has 1 aromatic carbocycles. The van der Waals surface area contributed by atoms with Crippen molar-refractivity contribution in [3.8, 4) is 11.4 Å². The first-order chi connectivity index (χ1) is 30.2. The van der Waals surface area contributed by atoms with Gasteiger partial charge in [-0.3, -0.25) is 24.7 Å². The summed E-state index contributed by atoms with van der Waals surface area (Å²) in [6, 6.07) is 8.87. The summed E-state index contributed by atoms with van der Waals surface area (Å²) >= 11 is 0. The second-order valence-electron chi connectivity index (χ2n) is 16.8. The van der Waals surface area contributed by atoms with Crippen LogP contribution in [0.2, 0.25) is 0 Å². The van der Waals surface area contributed by atoms with Gasteiger partial charge in [0.15, 0.2) is 5.65 Å². The third-order valence-electron chi connectivity index (χ3n) is 12.6. The van der Waals surface area contributed by atoms with Crippen molar-refractivity contribution in [3.05, 3.63) is 77.5 Å². The summed E-state index contributed by atoms with van der Waals surface area (Å²) in [6.45, 7) is 6.55. The summed E-state index contributed by atoms with van der Waals surface area (Å²) in [6.07, 6.45) is 11.5. The van der Waals surface area contributed by atoms with Crippen LogP contribution in [0.15, 0.2) is 55.1 Å². The molecule has 328 valence electrons. The summed E-state index contributed by atoms with van der Waals surface area (Å²) in [5.74, 6) is 0.222. The molecule has 3 fully saturated rings. The average molecular weight is 850 g/mol. The van der Waals surface area contributed by atoms with E-state index in [9.17, 15) is 24.9 Å². The smallest absolute Gasteiger partial charge is 0.323 e. The lowest BCUT2D eigenvalue weighted by Gasteiger charge is -2.38. The maximum absolute atomic E-state index is 13.2. The number of nitrogens with zero attached hydrogens (tertiary/aromatic N) is 10. The zero-order chi connectivity index (χ0) is 42.7. The fourth-order valence-electron chi connectivity index (χ4n) is 9.34. The van der Waals surface area contributed by atoms with Crippen molar-refractivity contribution in [1.29, 1.82) is 0 Å². The molecule has 3 amide bonds. The van der Waals surface area contributed by atoms with Gasteiger partial charge in [-0.15, -0.1) is 5.10 Å². The number of anilines is 3. The number of nitrogens with one attached hydrogen (secondary N) is 3. The number of unbranched alkanes of at least 4 members (excludes halogenated alkanes) is 1. The number of benzene rings is 1. The van der Waals surface area contributed by atoms with E-state index >= 15 is 0 Å². The molecule has 3 aliphatic heterocycles. The van der Waals surface area contributed by atoms with Crippen molar-refractivity contribution in [2.75, 3.05) is 54.9 Å². The molecule has 7 heterocycles. The van der Waals surface area contributed by atoms with Gasteiger partial charge in [-0.05, 0) is 80.8 Å². The molecule has 9 rings (SSSR count). The van der Waals surface area contributed by atoms with Crippen molar-refractivity contribution in [1.82, 2.24) is 49.7 Å². The van der Waals surface area contributed by atoms with E-state index in [0.717, 1.165) is 79.8 Å². The molecule has 0 bridgehead atoms. The van der Waals surface area contributed by atoms with Crippen LogP contribution in [0.3, 0.4) is 0 Å². The van der Waals surface area contributed by atoms with E-state index in [2.05, 4.69) is 52.3 Å². The zero-order valence-corrected chi connectivity index (χ0v) is 34.9. The summed E-state index contributed by atoms with van der Waals surface area (Å²) in [7, 11) is 0. The minimum absolute atomic E-state index is 0.0922. The molecule has 5 aromatic rings. The van der Waals surface area contributed by atoms with Gasteiger partial charge in [0.05, 0.1) is 60.2 Å². The Kier molecular flexibility index (Phi) is 12.4. The molecule has 6 N–H and O–H groups in total. The zero-order valence-electron chi connectivity index (χ0n) is 34.9. The van der Waals surface area contributed by atoms with Crippen molar-refractivity contribution in [2.24, 2.45) is 0 Å². The lowest BCUT2D eigenvalue weighted by atomic mass is 10.0. The Bertz CT molecular complexity index is 2370. The highest BCUT2D eigenvalue weighted by Crippen LogP contribution is 2.38. The maximum Gasteiger partial charge on any atom is 0.323 e. The van der Waals surface area contributed by atoms with E-state index < -0.39 is 18.7 Å². The summed E-state index contributed by atoms with van der Waals surface area (Å²) in [4.78, 5) is 41.4. The van der Waals surface area contributed by atoms with E-state index in [-0.39, 0.29) is 24.6 Å². The third kappa shape index (κ3) is 9.00. The number of urea groups is 1. The van der Waals surface area contributed by atoms with E-state index in [0.29, 0.717) is 79.9 Å². The second kappa shape index (κ2) is 18.4. The fourth-order valence-corrected chi connectivity index (χ4v) is 9.34. The number of carbonyl (C=O) groups is 2. The lowest BCUT2D eigenvalue weighted by Crippen LogP contribution is -2.56. The number of aryl methyl sites for hydroxylation is 2. The summed E-state index contributed by atoms with van der Waals surface area (Å²) in [5.41, 5.74) is 7.76. The predicted molar refractivity (Wildman–Crippen MR) is 229 cm³/mol.